The van der Waals surface area contributed by atoms with E-state index in [2.05, 4.69) is 40.2 Å². The fourth-order valence-corrected chi connectivity index (χ4v) is 5.27. The SMILES string of the molecule is FC(F)(F)c1cc(C2=CCN(CC3CCc4[nH]c5ccccc5c4C3)CC2)ccc1Cl. The van der Waals surface area contributed by atoms with Crippen LogP contribution < -0.4 is 0 Å². The lowest BCUT2D eigenvalue weighted by Crippen LogP contribution is -2.35. The molecule has 2 heterocycles. The molecule has 1 aromatic heterocycles. The number of aromatic amines is 1. The predicted molar refractivity (Wildman–Crippen MR) is 119 cm³/mol. The number of nitrogens with one attached hydrogen (secondary N) is 1. The maximum atomic E-state index is 13.2. The molecule has 1 aliphatic carbocycles. The number of benzene rings is 2. The van der Waals surface area contributed by atoms with Crippen molar-refractivity contribution in [1.82, 2.24) is 9.88 Å². The summed E-state index contributed by atoms with van der Waals surface area (Å²) in [4.78, 5) is 6.00. The number of rotatable bonds is 3. The van der Waals surface area contributed by atoms with E-state index in [1.54, 1.807) is 6.07 Å². The highest BCUT2D eigenvalue weighted by Crippen LogP contribution is 2.37. The van der Waals surface area contributed by atoms with Gasteiger partial charge in [0.1, 0.15) is 0 Å². The van der Waals surface area contributed by atoms with Crippen molar-refractivity contribution in [2.75, 3.05) is 19.6 Å². The highest BCUT2D eigenvalue weighted by molar-refractivity contribution is 6.31. The first-order valence-corrected chi connectivity index (χ1v) is 11.1. The number of aryl methyl sites for hydroxylation is 1. The molecule has 5 rings (SSSR count). The van der Waals surface area contributed by atoms with Crippen LogP contribution in [0, 0.1) is 5.92 Å². The summed E-state index contributed by atoms with van der Waals surface area (Å²) < 4.78 is 39.6. The number of hydrogen-bond acceptors (Lipinski definition) is 1. The van der Waals surface area contributed by atoms with Gasteiger partial charge in [0.05, 0.1) is 10.6 Å². The molecule has 1 unspecified atom stereocenters. The molecular formula is C25H24ClF3N2. The maximum absolute atomic E-state index is 13.2. The Labute approximate surface area is 184 Å². The Morgan fingerprint density at radius 2 is 1.94 bits per heavy atom. The van der Waals surface area contributed by atoms with Gasteiger partial charge in [-0.05, 0) is 66.5 Å². The van der Waals surface area contributed by atoms with Crippen LogP contribution in [0.1, 0.15) is 35.2 Å². The summed E-state index contributed by atoms with van der Waals surface area (Å²) in [6.45, 7) is 2.67. The number of aromatic nitrogens is 1. The number of alkyl halides is 3. The second kappa shape index (κ2) is 8.03. The molecule has 0 amide bonds. The van der Waals surface area contributed by atoms with Crippen LogP contribution in [0.4, 0.5) is 13.2 Å². The molecule has 0 bridgehead atoms. The van der Waals surface area contributed by atoms with Crippen molar-refractivity contribution in [3.63, 3.8) is 0 Å². The third-order valence-corrected chi connectivity index (χ3v) is 6.98. The average molecular weight is 445 g/mol. The Hall–Kier alpha value is -2.24. The quantitative estimate of drug-likeness (QED) is 0.474. The van der Waals surface area contributed by atoms with Crippen LogP contribution in [0.2, 0.25) is 5.02 Å². The van der Waals surface area contributed by atoms with Gasteiger partial charge in [0.15, 0.2) is 0 Å². The van der Waals surface area contributed by atoms with E-state index < -0.39 is 11.7 Å². The minimum atomic E-state index is -4.43. The summed E-state index contributed by atoms with van der Waals surface area (Å²) in [6.07, 6.45) is 1.72. The minimum Gasteiger partial charge on any atom is -0.358 e. The van der Waals surface area contributed by atoms with Gasteiger partial charge in [-0.25, -0.2) is 0 Å². The number of hydrogen-bond donors (Lipinski definition) is 1. The molecule has 2 nitrogen and oxygen atoms in total. The van der Waals surface area contributed by atoms with E-state index in [-0.39, 0.29) is 5.02 Å². The third kappa shape index (κ3) is 4.13. The number of halogens is 4. The third-order valence-electron chi connectivity index (χ3n) is 6.65. The monoisotopic (exact) mass is 444 g/mol. The molecular weight excluding hydrogens is 421 g/mol. The Balaban J connectivity index is 1.26. The van der Waals surface area contributed by atoms with Gasteiger partial charge in [-0.3, -0.25) is 4.90 Å². The van der Waals surface area contributed by atoms with E-state index in [0.717, 1.165) is 44.5 Å². The number of fused-ring (bicyclic) bond motifs is 3. The predicted octanol–water partition coefficient (Wildman–Crippen LogP) is 6.73. The summed E-state index contributed by atoms with van der Waals surface area (Å²) >= 11 is 5.77. The van der Waals surface area contributed by atoms with Gasteiger partial charge in [0.25, 0.3) is 0 Å². The normalized spacial score (nSPS) is 20.0. The molecule has 162 valence electrons. The Bertz CT molecular complexity index is 1150. The average Bonchev–Trinajstić information content (AvgIpc) is 3.12. The zero-order chi connectivity index (χ0) is 21.6. The van der Waals surface area contributed by atoms with E-state index in [1.807, 2.05) is 0 Å². The molecule has 31 heavy (non-hydrogen) atoms. The van der Waals surface area contributed by atoms with Crippen LogP contribution >= 0.6 is 11.6 Å². The standard InChI is InChI=1S/C25H24ClF3N2/c26-22-7-6-18(14-21(22)25(27,28)29)17-9-11-31(12-10-17)15-16-5-8-24-20(13-16)19-3-1-2-4-23(19)30-24/h1-4,6-7,9,14,16,30H,5,8,10-13,15H2. The van der Waals surface area contributed by atoms with E-state index >= 15 is 0 Å². The molecule has 0 fully saturated rings. The highest BCUT2D eigenvalue weighted by atomic mass is 35.5. The number of para-hydroxylation sites is 1. The Kier molecular flexibility index (Phi) is 5.35. The van der Waals surface area contributed by atoms with E-state index in [9.17, 15) is 13.2 Å². The molecule has 2 aliphatic rings. The van der Waals surface area contributed by atoms with Crippen molar-refractivity contribution in [1.29, 1.82) is 0 Å². The Morgan fingerprint density at radius 3 is 2.71 bits per heavy atom. The van der Waals surface area contributed by atoms with Gasteiger partial charge in [0, 0.05) is 36.2 Å². The molecule has 1 aliphatic heterocycles. The largest absolute Gasteiger partial charge is 0.417 e. The smallest absolute Gasteiger partial charge is 0.358 e. The summed E-state index contributed by atoms with van der Waals surface area (Å²) in [7, 11) is 0. The second-order valence-corrected chi connectivity index (χ2v) is 9.08. The van der Waals surface area contributed by atoms with Crippen LogP contribution in [0.3, 0.4) is 0 Å². The first kappa shape index (κ1) is 20.7. The van der Waals surface area contributed by atoms with Crippen LogP contribution in [0.5, 0.6) is 0 Å². The zero-order valence-corrected chi connectivity index (χ0v) is 17.9. The summed E-state index contributed by atoms with van der Waals surface area (Å²) in [5, 5.41) is 1.09. The molecule has 0 saturated carbocycles. The van der Waals surface area contributed by atoms with Crippen LogP contribution in [0.15, 0.2) is 48.5 Å². The maximum Gasteiger partial charge on any atom is 0.417 e. The molecule has 1 atom stereocenters. The van der Waals surface area contributed by atoms with Gasteiger partial charge >= 0.3 is 6.18 Å². The minimum absolute atomic E-state index is 0.247. The Morgan fingerprint density at radius 1 is 1.10 bits per heavy atom. The van der Waals surface area contributed by atoms with E-state index in [4.69, 9.17) is 11.6 Å². The summed E-state index contributed by atoms with van der Waals surface area (Å²) in [5.41, 5.74) is 4.90. The molecule has 1 N–H and O–H groups in total. The second-order valence-electron chi connectivity index (χ2n) is 8.67. The number of nitrogens with zero attached hydrogens (tertiary/aromatic N) is 1. The fraction of sp³-hybridized carbons (Fsp3) is 0.360. The van der Waals surface area contributed by atoms with Gasteiger partial charge in [-0.15, -0.1) is 0 Å². The summed E-state index contributed by atoms with van der Waals surface area (Å²) in [5.74, 6) is 0.606. The molecule has 0 radical (unpaired) electrons. The molecule has 0 spiro atoms. The fourth-order valence-electron chi connectivity index (χ4n) is 5.04. The molecule has 0 saturated heterocycles. The highest BCUT2D eigenvalue weighted by Gasteiger charge is 2.33. The number of H-pyrrole nitrogens is 1. The van der Waals surface area contributed by atoms with Crippen LogP contribution in [0.25, 0.3) is 16.5 Å². The lowest BCUT2D eigenvalue weighted by atomic mass is 9.85. The van der Waals surface area contributed by atoms with Crippen LogP contribution in [-0.2, 0) is 19.0 Å². The van der Waals surface area contributed by atoms with Gasteiger partial charge < -0.3 is 4.98 Å². The van der Waals surface area contributed by atoms with Crippen LogP contribution in [-0.4, -0.2) is 29.5 Å². The lowest BCUT2D eigenvalue weighted by molar-refractivity contribution is -0.137. The molecule has 2 aromatic carbocycles. The molecule has 3 aromatic rings. The zero-order valence-electron chi connectivity index (χ0n) is 17.1. The van der Waals surface area contributed by atoms with Crippen molar-refractivity contribution < 1.29 is 13.2 Å². The van der Waals surface area contributed by atoms with Crippen molar-refractivity contribution in [2.24, 2.45) is 5.92 Å². The molecule has 6 heteroatoms. The van der Waals surface area contributed by atoms with Gasteiger partial charge in [-0.2, -0.15) is 13.2 Å². The van der Waals surface area contributed by atoms with E-state index in [0.29, 0.717) is 11.5 Å². The lowest BCUT2D eigenvalue weighted by Gasteiger charge is -2.32. The van der Waals surface area contributed by atoms with E-state index in [1.165, 1.54) is 40.7 Å². The van der Waals surface area contributed by atoms with Gasteiger partial charge in [0.2, 0.25) is 0 Å². The van der Waals surface area contributed by atoms with Crippen molar-refractivity contribution in [2.45, 2.75) is 31.9 Å². The first-order valence-electron chi connectivity index (χ1n) is 10.8. The van der Waals surface area contributed by atoms with Crippen molar-refractivity contribution in [3.05, 3.63) is 75.9 Å². The van der Waals surface area contributed by atoms with Crippen molar-refractivity contribution >= 4 is 28.1 Å². The first-order chi connectivity index (χ1) is 14.9. The van der Waals surface area contributed by atoms with Gasteiger partial charge in [-0.1, -0.05) is 41.9 Å². The van der Waals surface area contributed by atoms with Crippen molar-refractivity contribution in [3.8, 4) is 0 Å². The summed E-state index contributed by atoms with van der Waals surface area (Å²) in [6, 6.07) is 12.7. The topological polar surface area (TPSA) is 19.0 Å².